The molecule has 0 heterocycles. The molecule has 0 aliphatic carbocycles. The van der Waals surface area contributed by atoms with Crippen LogP contribution in [-0.2, 0) is 22.6 Å². The minimum atomic E-state index is -1.20. The van der Waals surface area contributed by atoms with Crippen LogP contribution < -0.4 is 10.1 Å². The number of ether oxygens (including phenoxy) is 2. The molecule has 0 bridgehead atoms. The molecule has 7 heteroatoms. The van der Waals surface area contributed by atoms with Gasteiger partial charge in [-0.2, -0.15) is 0 Å². The predicted molar refractivity (Wildman–Crippen MR) is 89.5 cm³/mol. The molecule has 0 aliphatic rings. The first kappa shape index (κ1) is 18.1. The molecule has 3 N–H and O–H groups in total. The molecule has 0 aromatic heterocycles. The molecular formula is C18H19NO6. The number of carbonyl (C=O) groups excluding carboxylic acids is 1. The number of hydrogen-bond donors (Lipinski definition) is 3. The normalized spacial score (nSPS) is 11.4. The van der Waals surface area contributed by atoms with Gasteiger partial charge in [0.15, 0.2) is 11.5 Å². The van der Waals surface area contributed by atoms with Gasteiger partial charge in [0.25, 0.3) is 0 Å². The van der Waals surface area contributed by atoms with Crippen LogP contribution in [0.2, 0.25) is 0 Å². The van der Waals surface area contributed by atoms with Crippen molar-refractivity contribution < 1.29 is 29.3 Å². The molecule has 1 atom stereocenters. The summed E-state index contributed by atoms with van der Waals surface area (Å²) < 4.78 is 9.96. The van der Waals surface area contributed by atoms with Crippen molar-refractivity contribution in [2.45, 2.75) is 19.1 Å². The maximum absolute atomic E-state index is 11.8. The summed E-state index contributed by atoms with van der Waals surface area (Å²) in [6.07, 6.45) is -0.832. The average Bonchev–Trinajstić information content (AvgIpc) is 2.60. The van der Waals surface area contributed by atoms with Gasteiger partial charge in [0.2, 0.25) is 0 Å². The van der Waals surface area contributed by atoms with Crippen LogP contribution in [0, 0.1) is 0 Å². The van der Waals surface area contributed by atoms with Crippen molar-refractivity contribution in [2.75, 3.05) is 7.11 Å². The van der Waals surface area contributed by atoms with Crippen LogP contribution in [-0.4, -0.2) is 35.4 Å². The van der Waals surface area contributed by atoms with E-state index in [0.717, 1.165) is 5.56 Å². The maximum atomic E-state index is 11.8. The summed E-state index contributed by atoms with van der Waals surface area (Å²) in [6.45, 7) is 0.0440. The number of aromatic hydroxyl groups is 1. The third kappa shape index (κ3) is 5.42. The predicted octanol–water partition coefficient (Wildman–Crippen LogP) is 2.32. The van der Waals surface area contributed by atoms with Crippen LogP contribution >= 0.6 is 0 Å². The lowest BCUT2D eigenvalue weighted by Gasteiger charge is -2.15. The van der Waals surface area contributed by atoms with E-state index >= 15 is 0 Å². The summed E-state index contributed by atoms with van der Waals surface area (Å²) in [6, 6.07) is 12.4. The molecule has 0 aliphatic heterocycles. The van der Waals surface area contributed by atoms with Crippen LogP contribution in [0.1, 0.15) is 11.1 Å². The first-order chi connectivity index (χ1) is 12.0. The summed E-state index contributed by atoms with van der Waals surface area (Å²) in [7, 11) is 1.42. The molecule has 132 valence electrons. The Morgan fingerprint density at radius 2 is 1.84 bits per heavy atom. The number of aliphatic carboxylic acids is 1. The zero-order chi connectivity index (χ0) is 18.2. The number of phenolic OH excluding ortho intramolecular Hbond substituents is 1. The molecule has 1 unspecified atom stereocenters. The fraction of sp³-hybridized carbons (Fsp3) is 0.222. The maximum Gasteiger partial charge on any atom is 0.408 e. The van der Waals surface area contributed by atoms with Gasteiger partial charge in [0, 0.05) is 6.42 Å². The number of rotatable bonds is 7. The molecule has 0 saturated carbocycles. The minimum absolute atomic E-state index is 0.00662. The number of phenols is 1. The number of carbonyl (C=O) groups is 2. The summed E-state index contributed by atoms with van der Waals surface area (Å²) in [5.74, 6) is -1.02. The molecule has 0 radical (unpaired) electrons. The number of nitrogens with one attached hydrogen (secondary N) is 1. The Balaban J connectivity index is 1.95. The number of carboxylic acid groups (broad SMARTS) is 1. The first-order valence-electron chi connectivity index (χ1n) is 7.55. The standard InChI is InChI=1S/C18H19NO6/c1-24-16-8-7-13(10-15(16)20)9-14(17(21)22)19-18(23)25-11-12-5-3-2-4-6-12/h2-8,10,14,20H,9,11H2,1H3,(H,19,23)(H,21,22). The lowest BCUT2D eigenvalue weighted by Crippen LogP contribution is -2.42. The van der Waals surface area contributed by atoms with E-state index in [2.05, 4.69) is 5.32 Å². The molecule has 0 fully saturated rings. The van der Waals surface area contributed by atoms with E-state index in [0.29, 0.717) is 5.56 Å². The number of carboxylic acids is 1. The Hall–Kier alpha value is -3.22. The molecule has 1 amide bonds. The highest BCUT2D eigenvalue weighted by atomic mass is 16.5. The van der Waals surface area contributed by atoms with E-state index in [9.17, 15) is 19.8 Å². The lowest BCUT2D eigenvalue weighted by molar-refractivity contribution is -0.139. The molecule has 2 aromatic rings. The van der Waals surface area contributed by atoms with Gasteiger partial charge in [-0.3, -0.25) is 0 Å². The number of benzene rings is 2. The van der Waals surface area contributed by atoms with Gasteiger partial charge in [0.1, 0.15) is 12.6 Å². The Bertz CT molecular complexity index is 732. The van der Waals surface area contributed by atoms with Crippen molar-refractivity contribution in [3.8, 4) is 11.5 Å². The molecule has 0 saturated heterocycles. The highest BCUT2D eigenvalue weighted by Crippen LogP contribution is 2.26. The number of hydrogen-bond acceptors (Lipinski definition) is 5. The molecule has 7 nitrogen and oxygen atoms in total. The number of methoxy groups -OCH3 is 1. The van der Waals surface area contributed by atoms with Crippen molar-refractivity contribution in [1.29, 1.82) is 0 Å². The fourth-order valence-corrected chi connectivity index (χ4v) is 2.21. The molecule has 0 spiro atoms. The van der Waals surface area contributed by atoms with Gasteiger partial charge in [-0.25, -0.2) is 9.59 Å². The van der Waals surface area contributed by atoms with E-state index in [1.54, 1.807) is 18.2 Å². The van der Waals surface area contributed by atoms with Crippen molar-refractivity contribution in [3.63, 3.8) is 0 Å². The lowest BCUT2D eigenvalue weighted by atomic mass is 10.1. The smallest absolute Gasteiger partial charge is 0.408 e. The average molecular weight is 345 g/mol. The van der Waals surface area contributed by atoms with Gasteiger partial charge in [-0.1, -0.05) is 36.4 Å². The van der Waals surface area contributed by atoms with E-state index in [1.807, 2.05) is 18.2 Å². The zero-order valence-electron chi connectivity index (χ0n) is 13.6. The number of amides is 1. The van der Waals surface area contributed by atoms with Crippen molar-refractivity contribution in [3.05, 3.63) is 59.7 Å². The first-order valence-corrected chi connectivity index (χ1v) is 7.55. The highest BCUT2D eigenvalue weighted by Gasteiger charge is 2.21. The zero-order valence-corrected chi connectivity index (χ0v) is 13.6. The molecule has 25 heavy (non-hydrogen) atoms. The molecular weight excluding hydrogens is 326 g/mol. The summed E-state index contributed by atoms with van der Waals surface area (Å²) in [5.41, 5.74) is 1.33. The summed E-state index contributed by atoms with van der Waals surface area (Å²) >= 11 is 0. The van der Waals surface area contributed by atoms with E-state index in [-0.39, 0.29) is 24.5 Å². The quantitative estimate of drug-likeness (QED) is 0.711. The second kappa shape index (κ2) is 8.58. The van der Waals surface area contributed by atoms with Gasteiger partial charge in [0.05, 0.1) is 7.11 Å². The largest absolute Gasteiger partial charge is 0.504 e. The van der Waals surface area contributed by atoms with Gasteiger partial charge < -0.3 is 25.0 Å². The molecule has 2 aromatic carbocycles. The highest BCUT2D eigenvalue weighted by molar-refractivity contribution is 5.80. The Morgan fingerprint density at radius 3 is 2.44 bits per heavy atom. The fourth-order valence-electron chi connectivity index (χ4n) is 2.21. The van der Waals surface area contributed by atoms with Crippen LogP contribution in [0.3, 0.4) is 0 Å². The number of alkyl carbamates (subject to hydrolysis) is 1. The van der Waals surface area contributed by atoms with Gasteiger partial charge >= 0.3 is 12.1 Å². The van der Waals surface area contributed by atoms with Crippen LogP contribution in [0.5, 0.6) is 11.5 Å². The van der Waals surface area contributed by atoms with E-state index in [1.165, 1.54) is 19.2 Å². The van der Waals surface area contributed by atoms with Crippen LogP contribution in [0.4, 0.5) is 4.79 Å². The third-order valence-corrected chi connectivity index (χ3v) is 3.49. The van der Waals surface area contributed by atoms with Gasteiger partial charge in [-0.05, 0) is 23.3 Å². The third-order valence-electron chi connectivity index (χ3n) is 3.49. The van der Waals surface area contributed by atoms with Crippen LogP contribution in [0.25, 0.3) is 0 Å². The minimum Gasteiger partial charge on any atom is -0.504 e. The van der Waals surface area contributed by atoms with Gasteiger partial charge in [-0.15, -0.1) is 0 Å². The topological polar surface area (TPSA) is 105 Å². The van der Waals surface area contributed by atoms with E-state index in [4.69, 9.17) is 9.47 Å². The van der Waals surface area contributed by atoms with Crippen LogP contribution in [0.15, 0.2) is 48.5 Å². The Labute approximate surface area is 144 Å². The SMILES string of the molecule is COc1ccc(CC(NC(=O)OCc2ccccc2)C(=O)O)cc1O. The van der Waals surface area contributed by atoms with Crippen molar-refractivity contribution in [2.24, 2.45) is 0 Å². The van der Waals surface area contributed by atoms with Crippen molar-refractivity contribution >= 4 is 12.1 Å². The molecule has 2 rings (SSSR count). The van der Waals surface area contributed by atoms with Crippen molar-refractivity contribution in [1.82, 2.24) is 5.32 Å². The summed E-state index contributed by atoms with van der Waals surface area (Å²) in [4.78, 5) is 23.2. The van der Waals surface area contributed by atoms with E-state index < -0.39 is 18.1 Å². The second-order valence-electron chi connectivity index (χ2n) is 5.31. The summed E-state index contributed by atoms with van der Waals surface area (Å²) in [5, 5.41) is 21.3. The Morgan fingerprint density at radius 1 is 1.12 bits per heavy atom. The monoisotopic (exact) mass is 345 g/mol. The second-order valence-corrected chi connectivity index (χ2v) is 5.31. The Kier molecular flexibility index (Phi) is 6.22.